The summed E-state index contributed by atoms with van der Waals surface area (Å²) in [6, 6.07) is 4.58. The molecule has 3 nitrogen and oxygen atoms in total. The summed E-state index contributed by atoms with van der Waals surface area (Å²) in [5, 5.41) is 0.749. The van der Waals surface area contributed by atoms with Gasteiger partial charge in [-0.1, -0.05) is 0 Å². The maximum absolute atomic E-state index is 12.9. The Balaban J connectivity index is 1.74. The molecular weight excluding hydrogens is 361 g/mol. The van der Waals surface area contributed by atoms with Gasteiger partial charge in [-0.2, -0.15) is 13.2 Å². The normalized spacial score (nSPS) is 27.0. The predicted octanol–water partition coefficient (Wildman–Crippen LogP) is 4.92. The lowest BCUT2D eigenvalue weighted by Gasteiger charge is -2.21. The molecule has 2 saturated heterocycles. The van der Waals surface area contributed by atoms with Crippen molar-refractivity contribution in [1.82, 2.24) is 9.88 Å². The third kappa shape index (κ3) is 3.75. The first-order valence-corrected chi connectivity index (χ1v) is 9.68. The molecule has 2 aliphatic rings. The van der Waals surface area contributed by atoms with Crippen molar-refractivity contribution in [3.8, 4) is 0 Å². The van der Waals surface area contributed by atoms with Gasteiger partial charge >= 0.3 is 5.51 Å². The first-order valence-electron chi connectivity index (χ1n) is 10.4. The Morgan fingerprint density at radius 2 is 2.27 bits per heavy atom. The van der Waals surface area contributed by atoms with Gasteiger partial charge in [-0.15, -0.1) is 0 Å². The number of likely N-dealkylation sites (N-methyl/N-ethyl adjacent to an activating group) is 1. The molecule has 3 heterocycles. The van der Waals surface area contributed by atoms with Crippen molar-refractivity contribution in [3.05, 3.63) is 29.5 Å². The van der Waals surface area contributed by atoms with Crippen molar-refractivity contribution in [2.24, 2.45) is 0 Å². The number of fused-ring (bicyclic) bond motifs is 1. The third-order valence-electron chi connectivity index (χ3n) is 5.30. The van der Waals surface area contributed by atoms with E-state index in [9.17, 15) is 13.2 Å². The second kappa shape index (κ2) is 7.09. The number of alkyl halides is 3. The Labute approximate surface area is 159 Å². The van der Waals surface area contributed by atoms with Gasteiger partial charge in [0.05, 0.1) is 6.61 Å². The lowest BCUT2D eigenvalue weighted by molar-refractivity contribution is -0.0328. The van der Waals surface area contributed by atoms with Crippen LogP contribution in [0.2, 0.25) is 0 Å². The molecule has 0 aliphatic carbocycles. The van der Waals surface area contributed by atoms with Crippen LogP contribution in [-0.2, 0) is 11.2 Å². The van der Waals surface area contributed by atoms with Gasteiger partial charge in [-0.05, 0) is 74.7 Å². The van der Waals surface area contributed by atoms with E-state index >= 15 is 0 Å². The lowest BCUT2D eigenvalue weighted by atomic mass is 9.94. The maximum atomic E-state index is 12.9. The van der Waals surface area contributed by atoms with Gasteiger partial charge in [0.2, 0.25) is 0 Å². The van der Waals surface area contributed by atoms with Crippen LogP contribution in [0.3, 0.4) is 0 Å². The number of benzene rings is 1. The molecule has 142 valence electrons. The number of aromatic amines is 1. The van der Waals surface area contributed by atoms with Crippen LogP contribution < -0.4 is 0 Å². The van der Waals surface area contributed by atoms with E-state index in [2.05, 4.69) is 4.98 Å². The van der Waals surface area contributed by atoms with E-state index in [0.29, 0.717) is 26.2 Å². The number of likely N-dealkylation sites (tertiary alicyclic amines) is 1. The standard InChI is InChI=1S/C19H23F3N2OS/c1-24-7-2-3-13(24)9-16-15-10-14(26-19(20,21)22)4-5-17(15)23-18(16)12-6-8-25-11-12/h4-5,10,12-13,23H,2-3,6-9,11H2,1H3/t12-,13-/m1/s1/i1D3. The number of nitrogens with zero attached hydrogens (tertiary/aromatic N) is 1. The second-order valence-electron chi connectivity index (χ2n) is 7.03. The summed E-state index contributed by atoms with van der Waals surface area (Å²) in [6.45, 7) is -0.432. The Morgan fingerprint density at radius 3 is 3.00 bits per heavy atom. The minimum Gasteiger partial charge on any atom is -0.381 e. The summed E-state index contributed by atoms with van der Waals surface area (Å²) in [5.74, 6) is 0.152. The molecule has 0 radical (unpaired) electrons. The Hall–Kier alpha value is -1.18. The molecule has 2 aliphatic heterocycles. The molecule has 2 aromatic rings. The SMILES string of the molecule is [2H]C([2H])([2H])N1CCC[C@@H]1Cc1c([C@@H]2CCOC2)[nH]c2ccc(SC(F)(F)F)cc12. The molecule has 26 heavy (non-hydrogen) atoms. The van der Waals surface area contributed by atoms with Crippen LogP contribution in [0, 0.1) is 0 Å². The van der Waals surface area contributed by atoms with Gasteiger partial charge in [0.25, 0.3) is 0 Å². The van der Waals surface area contributed by atoms with E-state index in [1.807, 2.05) is 0 Å². The van der Waals surface area contributed by atoms with E-state index in [4.69, 9.17) is 8.85 Å². The number of hydrogen-bond donors (Lipinski definition) is 1. The molecule has 0 spiro atoms. The zero-order valence-electron chi connectivity index (χ0n) is 17.2. The minimum atomic E-state index is -4.35. The number of halogens is 3. The number of thioether (sulfide) groups is 1. The van der Waals surface area contributed by atoms with Gasteiger partial charge in [0.1, 0.15) is 0 Å². The largest absolute Gasteiger partial charge is 0.446 e. The van der Waals surface area contributed by atoms with Crippen LogP contribution in [0.15, 0.2) is 23.1 Å². The fraction of sp³-hybridized carbons (Fsp3) is 0.579. The third-order valence-corrected chi connectivity index (χ3v) is 6.02. The number of nitrogens with one attached hydrogen (secondary N) is 1. The van der Waals surface area contributed by atoms with Crippen molar-refractivity contribution in [2.45, 2.75) is 48.0 Å². The van der Waals surface area contributed by atoms with Crippen LogP contribution in [0.5, 0.6) is 0 Å². The topological polar surface area (TPSA) is 28.3 Å². The molecule has 0 saturated carbocycles. The van der Waals surface area contributed by atoms with Crippen molar-refractivity contribution in [3.63, 3.8) is 0 Å². The van der Waals surface area contributed by atoms with E-state index in [1.54, 1.807) is 17.0 Å². The predicted molar refractivity (Wildman–Crippen MR) is 97.7 cm³/mol. The first kappa shape index (κ1) is 14.8. The van der Waals surface area contributed by atoms with Crippen molar-refractivity contribution in [2.75, 3.05) is 26.7 Å². The summed E-state index contributed by atoms with van der Waals surface area (Å²) >= 11 is -0.126. The molecular formula is C19H23F3N2OS. The van der Waals surface area contributed by atoms with Gasteiger partial charge in [-0.3, -0.25) is 0 Å². The van der Waals surface area contributed by atoms with Crippen molar-refractivity contribution >= 4 is 22.7 Å². The second-order valence-corrected chi connectivity index (χ2v) is 8.16. The molecule has 1 N–H and O–H groups in total. The molecule has 0 unspecified atom stereocenters. The highest BCUT2D eigenvalue weighted by Crippen LogP contribution is 2.40. The molecule has 0 bridgehead atoms. The van der Waals surface area contributed by atoms with E-state index in [0.717, 1.165) is 41.4 Å². The number of ether oxygens (including phenoxy) is 1. The van der Waals surface area contributed by atoms with Crippen molar-refractivity contribution in [1.29, 1.82) is 0 Å². The van der Waals surface area contributed by atoms with Crippen LogP contribution in [0.1, 0.15) is 40.6 Å². The average Bonchev–Trinajstić information content (AvgIpc) is 3.33. The quantitative estimate of drug-likeness (QED) is 0.755. The number of aromatic nitrogens is 1. The number of H-pyrrole nitrogens is 1. The van der Waals surface area contributed by atoms with Crippen LogP contribution in [0.4, 0.5) is 13.2 Å². The fourth-order valence-corrected chi connectivity index (χ4v) is 4.64. The van der Waals surface area contributed by atoms with Gasteiger partial charge < -0.3 is 14.6 Å². The van der Waals surface area contributed by atoms with Crippen LogP contribution >= 0.6 is 11.8 Å². The monoisotopic (exact) mass is 387 g/mol. The summed E-state index contributed by atoms with van der Waals surface area (Å²) in [6.07, 6.45) is 2.92. The fourth-order valence-electron chi connectivity index (χ4n) is 4.06. The van der Waals surface area contributed by atoms with E-state index in [-0.39, 0.29) is 28.6 Å². The zero-order valence-corrected chi connectivity index (χ0v) is 15.1. The van der Waals surface area contributed by atoms with E-state index in [1.165, 1.54) is 6.07 Å². The van der Waals surface area contributed by atoms with Crippen molar-refractivity contribution < 1.29 is 22.0 Å². The Kier molecular flexibility index (Phi) is 4.04. The molecule has 7 heteroatoms. The Bertz CT molecular complexity index is 878. The Morgan fingerprint density at radius 1 is 1.38 bits per heavy atom. The highest BCUT2D eigenvalue weighted by Gasteiger charge is 2.31. The van der Waals surface area contributed by atoms with Gasteiger partial charge in [0.15, 0.2) is 0 Å². The smallest absolute Gasteiger partial charge is 0.381 e. The average molecular weight is 387 g/mol. The molecule has 2 atom stereocenters. The van der Waals surface area contributed by atoms with Crippen LogP contribution in [-0.4, -0.2) is 48.2 Å². The summed E-state index contributed by atoms with van der Waals surface area (Å²) in [7, 11) is 0. The highest BCUT2D eigenvalue weighted by molar-refractivity contribution is 8.00. The molecule has 0 amide bonds. The summed E-state index contributed by atoms with van der Waals surface area (Å²) in [5.41, 5.74) is -1.66. The van der Waals surface area contributed by atoms with Gasteiger partial charge in [0, 0.05) is 44.2 Å². The first-order chi connectivity index (χ1) is 13.6. The molecule has 1 aromatic carbocycles. The lowest BCUT2D eigenvalue weighted by Crippen LogP contribution is -2.27. The minimum absolute atomic E-state index is 0.126. The zero-order chi connectivity index (χ0) is 20.8. The highest BCUT2D eigenvalue weighted by atomic mass is 32.2. The van der Waals surface area contributed by atoms with Crippen LogP contribution in [0.25, 0.3) is 10.9 Å². The summed E-state index contributed by atoms with van der Waals surface area (Å²) in [4.78, 5) is 5.08. The number of rotatable bonds is 4. The molecule has 4 rings (SSSR count). The molecule has 2 fully saturated rings. The maximum Gasteiger partial charge on any atom is 0.446 e. The summed E-state index contributed by atoms with van der Waals surface area (Å²) < 4.78 is 67.6. The molecule has 1 aromatic heterocycles. The van der Waals surface area contributed by atoms with Gasteiger partial charge in [-0.25, -0.2) is 0 Å². The number of hydrogen-bond acceptors (Lipinski definition) is 3. The van der Waals surface area contributed by atoms with E-state index < -0.39 is 12.5 Å².